The van der Waals surface area contributed by atoms with Crippen LogP contribution < -0.4 is 24.8 Å². The van der Waals surface area contributed by atoms with Crippen LogP contribution >= 0.6 is 24.0 Å². The monoisotopic (exact) mass is 567 g/mol. The van der Waals surface area contributed by atoms with Gasteiger partial charge in [0.05, 0.1) is 20.8 Å². The largest absolute Gasteiger partial charge is 0.496 e. The molecule has 0 spiro atoms. The Morgan fingerprint density at radius 1 is 0.969 bits per heavy atom. The summed E-state index contributed by atoms with van der Waals surface area (Å²) in [5.74, 6) is 1.74. The number of aliphatic imine (C=N–C) groups is 1. The summed E-state index contributed by atoms with van der Waals surface area (Å²) in [7, 11) is 3.03. The molecule has 0 aromatic heterocycles. The van der Waals surface area contributed by atoms with E-state index in [9.17, 15) is 13.2 Å². The van der Waals surface area contributed by atoms with Gasteiger partial charge in [-0.3, -0.25) is 0 Å². The summed E-state index contributed by atoms with van der Waals surface area (Å²) in [6, 6.07) is 12.6. The van der Waals surface area contributed by atoms with E-state index in [4.69, 9.17) is 14.2 Å². The highest BCUT2D eigenvalue weighted by Gasteiger charge is 2.29. The van der Waals surface area contributed by atoms with Crippen LogP contribution in [0.1, 0.15) is 18.1 Å². The van der Waals surface area contributed by atoms with Gasteiger partial charge in [-0.15, -0.1) is 24.0 Å². The second kappa shape index (κ2) is 13.9. The number of methoxy groups -OCH3 is 2. The van der Waals surface area contributed by atoms with Gasteiger partial charge in [-0.1, -0.05) is 24.3 Å². The van der Waals surface area contributed by atoms with Crippen molar-refractivity contribution >= 4 is 29.9 Å². The first-order valence-corrected chi connectivity index (χ1v) is 9.86. The second-order valence-corrected chi connectivity index (χ2v) is 6.57. The minimum atomic E-state index is -4.41. The van der Waals surface area contributed by atoms with Gasteiger partial charge in [0.1, 0.15) is 5.75 Å². The molecule has 0 saturated heterocycles. The fraction of sp³-hybridized carbons (Fsp3) is 0.409. The molecule has 0 aliphatic carbocycles. The summed E-state index contributed by atoms with van der Waals surface area (Å²) >= 11 is 0. The number of ether oxygens (including phenoxy) is 3. The molecule has 0 bridgehead atoms. The van der Waals surface area contributed by atoms with Crippen LogP contribution in [0.25, 0.3) is 0 Å². The molecular formula is C22H29F3IN3O3. The maximum Gasteiger partial charge on any atom is 0.422 e. The first kappa shape index (κ1) is 27.7. The van der Waals surface area contributed by atoms with Crippen molar-refractivity contribution in [1.82, 2.24) is 10.6 Å². The highest BCUT2D eigenvalue weighted by molar-refractivity contribution is 14.0. The molecule has 0 heterocycles. The summed E-state index contributed by atoms with van der Waals surface area (Å²) in [6.07, 6.45) is -3.66. The number of halogens is 4. The lowest BCUT2D eigenvalue weighted by Crippen LogP contribution is -2.38. The molecule has 32 heavy (non-hydrogen) atoms. The molecule has 2 aromatic carbocycles. The van der Waals surface area contributed by atoms with E-state index in [1.54, 1.807) is 19.2 Å². The zero-order valence-electron chi connectivity index (χ0n) is 18.3. The number of para-hydroxylation sites is 1. The van der Waals surface area contributed by atoms with Gasteiger partial charge in [0, 0.05) is 13.1 Å². The maximum absolute atomic E-state index is 12.4. The molecule has 0 unspecified atom stereocenters. The van der Waals surface area contributed by atoms with Crippen LogP contribution in [0.4, 0.5) is 13.2 Å². The molecule has 0 fully saturated rings. The minimum Gasteiger partial charge on any atom is -0.496 e. The molecule has 6 nitrogen and oxygen atoms in total. The van der Waals surface area contributed by atoms with Gasteiger partial charge in [0.15, 0.2) is 24.1 Å². The average molecular weight is 567 g/mol. The lowest BCUT2D eigenvalue weighted by molar-refractivity contribution is -0.153. The van der Waals surface area contributed by atoms with Gasteiger partial charge in [-0.05, 0) is 42.7 Å². The van der Waals surface area contributed by atoms with E-state index in [1.165, 1.54) is 13.2 Å². The van der Waals surface area contributed by atoms with Crippen molar-refractivity contribution < 1.29 is 27.4 Å². The van der Waals surface area contributed by atoms with E-state index < -0.39 is 12.8 Å². The van der Waals surface area contributed by atoms with E-state index >= 15 is 0 Å². The zero-order valence-corrected chi connectivity index (χ0v) is 20.6. The molecule has 10 heteroatoms. The van der Waals surface area contributed by atoms with Crippen molar-refractivity contribution in [3.63, 3.8) is 0 Å². The summed E-state index contributed by atoms with van der Waals surface area (Å²) in [5.41, 5.74) is 1.87. The molecule has 2 aromatic rings. The van der Waals surface area contributed by atoms with E-state index in [0.29, 0.717) is 25.6 Å². The van der Waals surface area contributed by atoms with Gasteiger partial charge in [0.25, 0.3) is 0 Å². The Kier molecular flexibility index (Phi) is 12.0. The summed E-state index contributed by atoms with van der Waals surface area (Å²) in [6.45, 7) is 2.25. The van der Waals surface area contributed by atoms with Gasteiger partial charge >= 0.3 is 6.18 Å². The lowest BCUT2D eigenvalue weighted by Gasteiger charge is -2.14. The van der Waals surface area contributed by atoms with Crippen LogP contribution in [-0.4, -0.2) is 46.1 Å². The third-order valence-corrected chi connectivity index (χ3v) is 4.26. The Bertz CT molecular complexity index is 864. The van der Waals surface area contributed by atoms with Crippen molar-refractivity contribution in [3.8, 4) is 17.2 Å². The Morgan fingerprint density at radius 2 is 1.69 bits per heavy atom. The topological polar surface area (TPSA) is 64.1 Å². The summed E-state index contributed by atoms with van der Waals surface area (Å²) < 4.78 is 52.5. The third kappa shape index (κ3) is 9.41. The van der Waals surface area contributed by atoms with Crippen LogP contribution in [-0.2, 0) is 13.0 Å². The zero-order chi connectivity index (χ0) is 22.7. The number of benzene rings is 2. The Hall–Kier alpha value is -2.37. The smallest absolute Gasteiger partial charge is 0.422 e. The fourth-order valence-corrected chi connectivity index (χ4v) is 2.83. The van der Waals surface area contributed by atoms with Crippen molar-refractivity contribution in [2.45, 2.75) is 26.1 Å². The van der Waals surface area contributed by atoms with Crippen LogP contribution in [0.5, 0.6) is 17.2 Å². The van der Waals surface area contributed by atoms with Crippen LogP contribution in [0, 0.1) is 0 Å². The minimum absolute atomic E-state index is 0. The average Bonchev–Trinajstić information content (AvgIpc) is 2.76. The Labute approximate surface area is 203 Å². The SMILES string of the molecule is CCNC(=NCc1ccc(OCC(F)(F)F)c(OC)c1)NCCc1ccccc1OC.I. The first-order valence-electron chi connectivity index (χ1n) is 9.86. The van der Waals surface area contributed by atoms with Crippen LogP contribution in [0.3, 0.4) is 0 Å². The van der Waals surface area contributed by atoms with Crippen LogP contribution in [0.2, 0.25) is 0 Å². The van der Waals surface area contributed by atoms with Crippen molar-refractivity contribution in [2.24, 2.45) is 4.99 Å². The number of alkyl halides is 3. The number of hydrogen-bond acceptors (Lipinski definition) is 4. The number of nitrogens with one attached hydrogen (secondary N) is 2. The summed E-state index contributed by atoms with van der Waals surface area (Å²) in [5, 5.41) is 6.44. The van der Waals surface area contributed by atoms with Gasteiger partial charge in [0.2, 0.25) is 0 Å². The predicted molar refractivity (Wildman–Crippen MR) is 129 cm³/mol. The first-order chi connectivity index (χ1) is 14.9. The Morgan fingerprint density at radius 3 is 2.34 bits per heavy atom. The molecule has 0 saturated carbocycles. The summed E-state index contributed by atoms with van der Waals surface area (Å²) in [4.78, 5) is 4.53. The normalized spacial score (nSPS) is 11.4. The fourth-order valence-electron chi connectivity index (χ4n) is 2.83. The number of hydrogen-bond donors (Lipinski definition) is 2. The highest BCUT2D eigenvalue weighted by Crippen LogP contribution is 2.30. The second-order valence-electron chi connectivity index (χ2n) is 6.57. The Balaban J connectivity index is 0.00000512. The standard InChI is InChI=1S/C22H28F3N3O3.HI/c1-4-26-21(27-12-11-17-7-5-6-8-18(17)29-2)28-14-16-9-10-19(20(13-16)30-3)31-15-22(23,24)25;/h5-10,13H,4,11-12,14-15H2,1-3H3,(H2,26,27,28);1H. The van der Waals surface area contributed by atoms with E-state index in [-0.39, 0.29) is 35.5 Å². The van der Waals surface area contributed by atoms with Gasteiger partial charge in [-0.2, -0.15) is 13.2 Å². The van der Waals surface area contributed by atoms with E-state index in [2.05, 4.69) is 15.6 Å². The van der Waals surface area contributed by atoms with Gasteiger partial charge < -0.3 is 24.8 Å². The molecule has 2 N–H and O–H groups in total. The molecule has 2 rings (SSSR count). The van der Waals surface area contributed by atoms with Gasteiger partial charge in [-0.25, -0.2) is 4.99 Å². The molecule has 0 amide bonds. The highest BCUT2D eigenvalue weighted by atomic mass is 127. The maximum atomic E-state index is 12.4. The number of rotatable bonds is 10. The predicted octanol–water partition coefficient (Wildman–Crippen LogP) is 4.56. The third-order valence-electron chi connectivity index (χ3n) is 4.26. The number of nitrogens with zero attached hydrogens (tertiary/aromatic N) is 1. The molecule has 0 radical (unpaired) electrons. The van der Waals surface area contributed by atoms with Crippen LogP contribution in [0.15, 0.2) is 47.5 Å². The molecule has 0 aliphatic rings. The lowest BCUT2D eigenvalue weighted by atomic mass is 10.1. The molecule has 0 atom stereocenters. The number of guanidine groups is 1. The van der Waals surface area contributed by atoms with Crippen molar-refractivity contribution in [1.29, 1.82) is 0 Å². The molecule has 178 valence electrons. The van der Waals surface area contributed by atoms with Crippen molar-refractivity contribution in [2.75, 3.05) is 33.9 Å². The molecule has 0 aliphatic heterocycles. The van der Waals surface area contributed by atoms with Crippen molar-refractivity contribution in [3.05, 3.63) is 53.6 Å². The quantitative estimate of drug-likeness (QED) is 0.251. The van der Waals surface area contributed by atoms with E-state index in [1.807, 2.05) is 31.2 Å². The van der Waals surface area contributed by atoms with E-state index in [0.717, 1.165) is 23.3 Å². The molecular weight excluding hydrogens is 538 g/mol.